The maximum atomic E-state index is 12.3. The van der Waals surface area contributed by atoms with E-state index >= 15 is 0 Å². The number of ether oxygens (including phenoxy) is 1. The maximum absolute atomic E-state index is 12.3. The minimum atomic E-state index is -0.0988. The Labute approximate surface area is 107 Å². The molecule has 1 aromatic heterocycles. The number of aromatic nitrogens is 1. The first-order valence-electron chi connectivity index (χ1n) is 6.02. The summed E-state index contributed by atoms with van der Waals surface area (Å²) >= 11 is 0. The highest BCUT2D eigenvalue weighted by atomic mass is 16.5. The van der Waals surface area contributed by atoms with Gasteiger partial charge in [-0.15, -0.1) is 0 Å². The van der Waals surface area contributed by atoms with Crippen molar-refractivity contribution < 1.29 is 9.53 Å². The normalized spacial score (nSPS) is 10.2. The van der Waals surface area contributed by atoms with Crippen molar-refractivity contribution in [2.75, 3.05) is 31.7 Å². The molecule has 3 N–H and O–H groups in total. The van der Waals surface area contributed by atoms with Crippen LogP contribution in [-0.4, -0.2) is 42.1 Å². The van der Waals surface area contributed by atoms with Gasteiger partial charge in [-0.1, -0.05) is 0 Å². The standard InChI is InChI=1S/C12H20N4O2/c1-3-16(7-8-18-4-2)12(17)10-9-14-6-5-11(10)15-13/h5-6,9H,3-4,7-8,13H2,1-2H3,(H,14,15). The van der Waals surface area contributed by atoms with Crippen molar-refractivity contribution in [3.8, 4) is 0 Å². The number of anilines is 1. The summed E-state index contributed by atoms with van der Waals surface area (Å²) in [6.45, 7) is 6.20. The zero-order valence-corrected chi connectivity index (χ0v) is 10.8. The van der Waals surface area contributed by atoms with Gasteiger partial charge in [0.15, 0.2) is 0 Å². The molecule has 0 radical (unpaired) electrons. The molecule has 0 aromatic carbocycles. The molecule has 1 aromatic rings. The van der Waals surface area contributed by atoms with E-state index in [1.54, 1.807) is 17.2 Å². The molecule has 18 heavy (non-hydrogen) atoms. The number of nitrogens with one attached hydrogen (secondary N) is 1. The van der Waals surface area contributed by atoms with E-state index in [0.717, 1.165) is 0 Å². The summed E-state index contributed by atoms with van der Waals surface area (Å²) in [5.74, 6) is 5.28. The average molecular weight is 252 g/mol. The minimum absolute atomic E-state index is 0.0988. The van der Waals surface area contributed by atoms with Gasteiger partial charge in [0, 0.05) is 32.1 Å². The van der Waals surface area contributed by atoms with E-state index in [9.17, 15) is 4.79 Å². The number of pyridine rings is 1. The first-order valence-corrected chi connectivity index (χ1v) is 6.02. The van der Waals surface area contributed by atoms with E-state index in [2.05, 4.69) is 10.4 Å². The zero-order valence-electron chi connectivity index (χ0n) is 10.8. The Bertz CT molecular complexity index is 384. The third-order valence-electron chi connectivity index (χ3n) is 2.59. The molecule has 6 nitrogen and oxygen atoms in total. The third kappa shape index (κ3) is 3.68. The van der Waals surface area contributed by atoms with Crippen LogP contribution in [0.2, 0.25) is 0 Å². The van der Waals surface area contributed by atoms with Crippen molar-refractivity contribution >= 4 is 11.6 Å². The lowest BCUT2D eigenvalue weighted by molar-refractivity contribution is 0.0669. The van der Waals surface area contributed by atoms with Crippen LogP contribution < -0.4 is 11.3 Å². The van der Waals surface area contributed by atoms with Gasteiger partial charge in [-0.25, -0.2) is 0 Å². The molecule has 100 valence electrons. The maximum Gasteiger partial charge on any atom is 0.257 e. The van der Waals surface area contributed by atoms with Gasteiger partial charge in [-0.05, 0) is 19.9 Å². The summed E-state index contributed by atoms with van der Waals surface area (Å²) < 4.78 is 5.26. The molecule has 0 bridgehead atoms. The molecule has 0 aliphatic heterocycles. The van der Waals surface area contributed by atoms with E-state index in [0.29, 0.717) is 37.6 Å². The van der Waals surface area contributed by atoms with Gasteiger partial charge in [-0.3, -0.25) is 15.6 Å². The largest absolute Gasteiger partial charge is 0.380 e. The summed E-state index contributed by atoms with van der Waals surface area (Å²) in [4.78, 5) is 17.9. The van der Waals surface area contributed by atoms with Crippen LogP contribution in [0.4, 0.5) is 5.69 Å². The Morgan fingerprint density at radius 3 is 2.94 bits per heavy atom. The fourth-order valence-electron chi connectivity index (χ4n) is 1.58. The van der Waals surface area contributed by atoms with Crippen LogP contribution in [0.15, 0.2) is 18.5 Å². The van der Waals surface area contributed by atoms with Gasteiger partial charge in [0.1, 0.15) is 0 Å². The third-order valence-corrected chi connectivity index (χ3v) is 2.59. The molecule has 6 heteroatoms. The van der Waals surface area contributed by atoms with Crippen molar-refractivity contribution in [1.82, 2.24) is 9.88 Å². The quantitative estimate of drug-likeness (QED) is 0.427. The number of nitrogen functional groups attached to an aromatic ring is 1. The molecular formula is C12H20N4O2. The molecule has 0 saturated heterocycles. The van der Waals surface area contributed by atoms with Gasteiger partial charge in [0.2, 0.25) is 0 Å². The van der Waals surface area contributed by atoms with Crippen LogP contribution in [0.3, 0.4) is 0 Å². The number of amides is 1. The predicted octanol–water partition coefficient (Wildman–Crippen LogP) is 0.866. The molecule has 0 fully saturated rings. The molecule has 0 saturated carbocycles. The first-order chi connectivity index (χ1) is 8.74. The Morgan fingerprint density at radius 2 is 2.33 bits per heavy atom. The lowest BCUT2D eigenvalue weighted by Crippen LogP contribution is -2.34. The molecule has 0 unspecified atom stereocenters. The smallest absolute Gasteiger partial charge is 0.257 e. The van der Waals surface area contributed by atoms with Gasteiger partial charge >= 0.3 is 0 Å². The number of hydrazine groups is 1. The lowest BCUT2D eigenvalue weighted by atomic mass is 10.2. The number of likely N-dealkylation sites (N-methyl/N-ethyl adjacent to an activating group) is 1. The van der Waals surface area contributed by atoms with Gasteiger partial charge in [-0.2, -0.15) is 0 Å². The van der Waals surface area contributed by atoms with E-state index in [4.69, 9.17) is 10.6 Å². The lowest BCUT2D eigenvalue weighted by Gasteiger charge is -2.21. The second-order valence-electron chi connectivity index (χ2n) is 3.65. The number of hydrogen-bond acceptors (Lipinski definition) is 5. The molecule has 0 spiro atoms. The summed E-state index contributed by atoms with van der Waals surface area (Å²) in [5, 5.41) is 0. The number of nitrogens with zero attached hydrogens (tertiary/aromatic N) is 2. The highest BCUT2D eigenvalue weighted by molar-refractivity contribution is 5.99. The van der Waals surface area contributed by atoms with E-state index < -0.39 is 0 Å². The summed E-state index contributed by atoms with van der Waals surface area (Å²) in [7, 11) is 0. The van der Waals surface area contributed by atoms with Gasteiger partial charge < -0.3 is 15.1 Å². The molecule has 1 heterocycles. The van der Waals surface area contributed by atoms with Crippen molar-refractivity contribution in [3.63, 3.8) is 0 Å². The van der Waals surface area contributed by atoms with Crippen LogP contribution in [0.25, 0.3) is 0 Å². The minimum Gasteiger partial charge on any atom is -0.380 e. The Morgan fingerprint density at radius 1 is 1.56 bits per heavy atom. The number of carbonyl (C=O) groups is 1. The number of nitrogens with two attached hydrogens (primary N) is 1. The van der Waals surface area contributed by atoms with Gasteiger partial charge in [0.25, 0.3) is 5.91 Å². The second-order valence-corrected chi connectivity index (χ2v) is 3.65. The first kappa shape index (κ1) is 14.4. The number of rotatable bonds is 7. The van der Waals surface area contributed by atoms with Gasteiger partial charge in [0.05, 0.1) is 17.9 Å². The molecule has 0 aliphatic rings. The highest BCUT2D eigenvalue weighted by Gasteiger charge is 2.17. The summed E-state index contributed by atoms with van der Waals surface area (Å²) in [5.41, 5.74) is 3.55. The summed E-state index contributed by atoms with van der Waals surface area (Å²) in [6.07, 6.45) is 3.10. The van der Waals surface area contributed by atoms with Crippen LogP contribution in [0.5, 0.6) is 0 Å². The topological polar surface area (TPSA) is 80.5 Å². The fraction of sp³-hybridized carbons (Fsp3) is 0.500. The second kappa shape index (κ2) is 7.62. The number of hydrogen-bond donors (Lipinski definition) is 2. The van der Waals surface area contributed by atoms with Crippen molar-refractivity contribution in [2.24, 2.45) is 5.84 Å². The number of carbonyl (C=O) groups excluding carboxylic acids is 1. The SMILES string of the molecule is CCOCCN(CC)C(=O)c1cnccc1NN. The van der Waals surface area contributed by atoms with Crippen molar-refractivity contribution in [3.05, 3.63) is 24.0 Å². The monoisotopic (exact) mass is 252 g/mol. The van der Waals surface area contributed by atoms with Crippen LogP contribution in [-0.2, 0) is 4.74 Å². The van der Waals surface area contributed by atoms with Crippen LogP contribution >= 0.6 is 0 Å². The van der Waals surface area contributed by atoms with Crippen molar-refractivity contribution in [1.29, 1.82) is 0 Å². The van der Waals surface area contributed by atoms with E-state index in [1.165, 1.54) is 6.20 Å². The average Bonchev–Trinajstić information content (AvgIpc) is 2.43. The molecule has 1 amide bonds. The zero-order chi connectivity index (χ0) is 13.4. The van der Waals surface area contributed by atoms with Crippen LogP contribution in [0, 0.1) is 0 Å². The highest BCUT2D eigenvalue weighted by Crippen LogP contribution is 2.14. The fourth-order valence-corrected chi connectivity index (χ4v) is 1.58. The molecule has 1 rings (SSSR count). The molecule has 0 atom stereocenters. The molecular weight excluding hydrogens is 232 g/mol. The Hall–Kier alpha value is -1.66. The van der Waals surface area contributed by atoms with E-state index in [-0.39, 0.29) is 5.91 Å². The van der Waals surface area contributed by atoms with E-state index in [1.807, 2.05) is 13.8 Å². The summed E-state index contributed by atoms with van der Waals surface area (Å²) in [6, 6.07) is 1.67. The predicted molar refractivity (Wildman–Crippen MR) is 70.1 cm³/mol. The Balaban J connectivity index is 2.76. The van der Waals surface area contributed by atoms with Crippen molar-refractivity contribution in [2.45, 2.75) is 13.8 Å². The Kier molecular flexibility index (Phi) is 6.10. The van der Waals surface area contributed by atoms with Crippen LogP contribution in [0.1, 0.15) is 24.2 Å². The molecule has 0 aliphatic carbocycles.